The van der Waals surface area contributed by atoms with Crippen LogP contribution in [0.5, 0.6) is 0 Å². The molecule has 0 unspecified atom stereocenters. The molecule has 1 saturated heterocycles. The topological polar surface area (TPSA) is 75.5 Å². The van der Waals surface area contributed by atoms with E-state index in [2.05, 4.69) is 15.6 Å². The normalized spacial score (nSPS) is 20.2. The number of carbonyl (C=O) groups is 2. The summed E-state index contributed by atoms with van der Waals surface area (Å²) in [5, 5.41) is 7.43. The molecule has 2 aliphatic rings. The Morgan fingerprint density at radius 3 is 2.63 bits per heavy atom. The predicted molar refractivity (Wildman–Crippen MR) is 120 cm³/mol. The monoisotopic (exact) mass is 416 g/mol. The molecular weight excluding hydrogens is 396 g/mol. The van der Waals surface area contributed by atoms with E-state index in [1.807, 2.05) is 66.2 Å². The van der Waals surface area contributed by atoms with Gasteiger partial charge in [0.15, 0.2) is 5.17 Å². The summed E-state index contributed by atoms with van der Waals surface area (Å²) in [5.74, 6) is -0.268. The zero-order valence-corrected chi connectivity index (χ0v) is 17.3. The van der Waals surface area contributed by atoms with E-state index >= 15 is 0 Å². The number of para-hydroxylation sites is 1. The number of nitrogens with one attached hydrogen (secondary N) is 2. The highest BCUT2D eigenvalue weighted by molar-refractivity contribution is 8.18. The number of carbonyl (C=O) groups excluding carboxylic acids is 2. The first-order valence-electron chi connectivity index (χ1n) is 9.80. The van der Waals surface area contributed by atoms with Gasteiger partial charge in [0.25, 0.3) is 11.8 Å². The van der Waals surface area contributed by atoms with Crippen molar-refractivity contribution in [2.75, 3.05) is 6.54 Å². The standard InChI is InChI=1S/C23H20N4O2S/c1-27-17-10-6-5-9-15(17)18-16(11-12-24-21(28)19(18)27)20-22(29)26-23(30-20)25-13-14-7-3-2-4-8-14/h2-10H,11-13H2,1H3,(H,24,28)(H,25,26,29)/b20-16-. The Hall–Kier alpha value is -3.32. The summed E-state index contributed by atoms with van der Waals surface area (Å²) >= 11 is 1.36. The molecular formula is C23H20N4O2S. The number of hydrogen-bond donors (Lipinski definition) is 2. The van der Waals surface area contributed by atoms with Gasteiger partial charge < -0.3 is 15.2 Å². The van der Waals surface area contributed by atoms with Gasteiger partial charge in [0.05, 0.1) is 11.4 Å². The van der Waals surface area contributed by atoms with Crippen molar-refractivity contribution in [2.24, 2.45) is 12.0 Å². The second kappa shape index (κ2) is 7.50. The summed E-state index contributed by atoms with van der Waals surface area (Å²) in [4.78, 5) is 30.8. The Morgan fingerprint density at radius 1 is 1.03 bits per heavy atom. The minimum Gasteiger partial charge on any atom is -0.350 e. The van der Waals surface area contributed by atoms with E-state index in [0.29, 0.717) is 35.3 Å². The molecule has 0 saturated carbocycles. The maximum Gasteiger partial charge on any atom is 0.268 e. The minimum absolute atomic E-state index is 0.110. The second-order valence-electron chi connectivity index (χ2n) is 7.28. The number of amides is 2. The van der Waals surface area contributed by atoms with Gasteiger partial charge in [0.1, 0.15) is 5.69 Å². The van der Waals surface area contributed by atoms with Gasteiger partial charge in [-0.15, -0.1) is 0 Å². The van der Waals surface area contributed by atoms with Gasteiger partial charge in [0.2, 0.25) is 0 Å². The maximum atomic E-state index is 12.9. The number of fused-ring (bicyclic) bond motifs is 3. The highest BCUT2D eigenvalue weighted by atomic mass is 32.2. The molecule has 2 N–H and O–H groups in total. The molecule has 0 aliphatic carbocycles. The van der Waals surface area contributed by atoms with Crippen molar-refractivity contribution in [3.63, 3.8) is 0 Å². The molecule has 0 bridgehead atoms. The van der Waals surface area contributed by atoms with Crippen LogP contribution in [0.2, 0.25) is 0 Å². The van der Waals surface area contributed by atoms with Crippen LogP contribution in [0.15, 0.2) is 64.5 Å². The van der Waals surface area contributed by atoms with Crippen molar-refractivity contribution in [3.05, 3.63) is 76.3 Å². The van der Waals surface area contributed by atoms with Crippen LogP contribution < -0.4 is 10.6 Å². The maximum absolute atomic E-state index is 12.9. The molecule has 0 radical (unpaired) electrons. The molecule has 150 valence electrons. The number of aromatic nitrogens is 1. The van der Waals surface area contributed by atoms with E-state index in [4.69, 9.17) is 0 Å². The van der Waals surface area contributed by atoms with Crippen molar-refractivity contribution >= 4 is 45.2 Å². The van der Waals surface area contributed by atoms with Crippen LogP contribution in [0.3, 0.4) is 0 Å². The minimum atomic E-state index is -0.157. The van der Waals surface area contributed by atoms with Crippen LogP contribution in [0, 0.1) is 0 Å². The molecule has 1 aromatic heterocycles. The second-order valence-corrected chi connectivity index (χ2v) is 8.28. The molecule has 2 amide bonds. The quantitative estimate of drug-likeness (QED) is 0.629. The summed E-state index contributed by atoms with van der Waals surface area (Å²) < 4.78 is 1.91. The highest BCUT2D eigenvalue weighted by Crippen LogP contribution is 2.40. The number of thioether (sulfide) groups is 1. The molecule has 30 heavy (non-hydrogen) atoms. The Bertz CT molecular complexity index is 1240. The van der Waals surface area contributed by atoms with Gasteiger partial charge in [0, 0.05) is 30.1 Å². The Morgan fingerprint density at radius 2 is 1.80 bits per heavy atom. The van der Waals surface area contributed by atoms with E-state index in [1.54, 1.807) is 0 Å². The van der Waals surface area contributed by atoms with Gasteiger partial charge >= 0.3 is 0 Å². The SMILES string of the molecule is Cn1c2c(c3ccccc31)/C(=C1\SC(=NCc3ccccc3)NC1=O)CCNC2=O. The zero-order chi connectivity index (χ0) is 20.7. The lowest BCUT2D eigenvalue weighted by molar-refractivity contribution is -0.115. The van der Waals surface area contributed by atoms with Gasteiger partial charge in [-0.2, -0.15) is 0 Å². The molecule has 0 atom stereocenters. The number of aryl methyl sites for hydroxylation is 1. The Balaban J connectivity index is 1.60. The molecule has 0 spiro atoms. The first-order chi connectivity index (χ1) is 14.6. The number of nitrogens with zero attached hydrogens (tertiary/aromatic N) is 2. The summed E-state index contributed by atoms with van der Waals surface area (Å²) in [6.45, 7) is 0.997. The third-order valence-corrected chi connectivity index (χ3v) is 6.49. The average Bonchev–Trinajstić information content (AvgIpc) is 3.21. The lowest BCUT2D eigenvalue weighted by Crippen LogP contribution is -2.24. The molecule has 7 heteroatoms. The number of amidine groups is 1. The third-order valence-electron chi connectivity index (χ3n) is 5.43. The van der Waals surface area contributed by atoms with Crippen LogP contribution in [-0.4, -0.2) is 28.1 Å². The van der Waals surface area contributed by atoms with Crippen LogP contribution in [0.25, 0.3) is 16.5 Å². The van der Waals surface area contributed by atoms with Gasteiger partial charge in [-0.1, -0.05) is 48.5 Å². The molecule has 1 fully saturated rings. The summed E-state index contributed by atoms with van der Waals surface area (Å²) in [6.07, 6.45) is 0.592. The molecule has 6 nitrogen and oxygen atoms in total. The fourth-order valence-corrected chi connectivity index (χ4v) is 4.98. The summed E-state index contributed by atoms with van der Waals surface area (Å²) in [6, 6.07) is 17.9. The van der Waals surface area contributed by atoms with Crippen molar-refractivity contribution in [2.45, 2.75) is 13.0 Å². The smallest absolute Gasteiger partial charge is 0.268 e. The van der Waals surface area contributed by atoms with Crippen LogP contribution in [0.1, 0.15) is 28.0 Å². The van der Waals surface area contributed by atoms with E-state index in [0.717, 1.165) is 27.6 Å². The van der Waals surface area contributed by atoms with Crippen molar-refractivity contribution in [1.82, 2.24) is 15.2 Å². The van der Waals surface area contributed by atoms with Gasteiger partial charge in [-0.25, -0.2) is 0 Å². The molecule has 2 aliphatic heterocycles. The predicted octanol–water partition coefficient (Wildman–Crippen LogP) is 3.44. The summed E-state index contributed by atoms with van der Waals surface area (Å²) in [5.41, 5.74) is 4.40. The summed E-state index contributed by atoms with van der Waals surface area (Å²) in [7, 11) is 1.89. The lowest BCUT2D eigenvalue weighted by Gasteiger charge is -2.07. The van der Waals surface area contributed by atoms with Crippen molar-refractivity contribution in [1.29, 1.82) is 0 Å². The molecule has 5 rings (SSSR count). The van der Waals surface area contributed by atoms with Gasteiger partial charge in [-0.05, 0) is 35.4 Å². The molecule has 2 aromatic carbocycles. The Labute approximate surface area is 178 Å². The first-order valence-corrected chi connectivity index (χ1v) is 10.6. The lowest BCUT2D eigenvalue weighted by atomic mass is 9.99. The fraction of sp³-hybridized carbons (Fsp3) is 0.174. The number of aliphatic imine (C=N–C) groups is 1. The Kier molecular flexibility index (Phi) is 4.67. The van der Waals surface area contributed by atoms with E-state index in [1.165, 1.54) is 11.8 Å². The number of benzene rings is 2. The fourth-order valence-electron chi connectivity index (χ4n) is 4.04. The molecule has 3 heterocycles. The first kappa shape index (κ1) is 18.7. The number of hydrogen-bond acceptors (Lipinski definition) is 4. The number of rotatable bonds is 2. The largest absolute Gasteiger partial charge is 0.350 e. The van der Waals surface area contributed by atoms with Crippen LogP contribution in [-0.2, 0) is 18.4 Å². The van der Waals surface area contributed by atoms with Crippen molar-refractivity contribution < 1.29 is 9.59 Å². The van der Waals surface area contributed by atoms with E-state index in [9.17, 15) is 9.59 Å². The van der Waals surface area contributed by atoms with Crippen molar-refractivity contribution in [3.8, 4) is 0 Å². The van der Waals surface area contributed by atoms with Gasteiger partial charge in [-0.3, -0.25) is 14.6 Å². The van der Waals surface area contributed by atoms with E-state index < -0.39 is 0 Å². The zero-order valence-electron chi connectivity index (χ0n) is 16.4. The molecule has 3 aromatic rings. The third kappa shape index (κ3) is 3.11. The van der Waals surface area contributed by atoms with Crippen LogP contribution >= 0.6 is 11.8 Å². The highest BCUT2D eigenvalue weighted by Gasteiger charge is 2.33. The van der Waals surface area contributed by atoms with Crippen LogP contribution in [0.4, 0.5) is 0 Å². The van der Waals surface area contributed by atoms with E-state index in [-0.39, 0.29) is 11.8 Å². The average molecular weight is 417 g/mol.